The average Bonchev–Trinajstić information content (AvgIpc) is 3.50. The van der Waals surface area contributed by atoms with Crippen LogP contribution in [0.4, 0.5) is 5.69 Å². The number of aryl methyl sites for hydroxylation is 1. The molecule has 1 fully saturated rings. The predicted molar refractivity (Wildman–Crippen MR) is 117 cm³/mol. The molecular weight excluding hydrogens is 400 g/mol. The zero-order chi connectivity index (χ0) is 21.4. The molecule has 0 radical (unpaired) electrons. The first-order valence-corrected chi connectivity index (χ1v) is 11.3. The van der Waals surface area contributed by atoms with Gasteiger partial charge in [-0.25, -0.2) is 4.98 Å². The molecule has 1 aliphatic rings. The van der Waals surface area contributed by atoms with E-state index in [1.807, 2.05) is 41.9 Å². The molecule has 156 valence electrons. The highest BCUT2D eigenvalue weighted by Crippen LogP contribution is 2.42. The van der Waals surface area contributed by atoms with Gasteiger partial charge in [-0.1, -0.05) is 18.2 Å². The molecular formula is C22H24N4O3S. The van der Waals surface area contributed by atoms with E-state index in [1.54, 1.807) is 29.7 Å². The van der Waals surface area contributed by atoms with Crippen LogP contribution < -0.4 is 4.31 Å². The Morgan fingerprint density at radius 1 is 1.33 bits per heavy atom. The summed E-state index contributed by atoms with van der Waals surface area (Å²) in [4.78, 5) is 30.3. The van der Waals surface area contributed by atoms with Crippen molar-refractivity contribution < 1.29 is 14.1 Å². The second-order valence-corrected chi connectivity index (χ2v) is 9.07. The summed E-state index contributed by atoms with van der Waals surface area (Å²) >= 11 is -1.20. The van der Waals surface area contributed by atoms with Crippen LogP contribution in [0.25, 0.3) is 5.65 Å². The molecule has 2 heterocycles. The van der Waals surface area contributed by atoms with Gasteiger partial charge in [0.1, 0.15) is 11.9 Å². The number of carbonyl (C=O) groups excluding carboxylic acids is 2. The summed E-state index contributed by atoms with van der Waals surface area (Å²) in [7, 11) is 1.77. The van der Waals surface area contributed by atoms with Gasteiger partial charge in [-0.3, -0.25) is 14.5 Å². The number of aromatic nitrogens is 2. The van der Waals surface area contributed by atoms with Crippen molar-refractivity contribution >= 4 is 35.0 Å². The summed E-state index contributed by atoms with van der Waals surface area (Å²) < 4.78 is 15.7. The molecule has 30 heavy (non-hydrogen) atoms. The maximum Gasteiger partial charge on any atom is 0.260 e. The van der Waals surface area contributed by atoms with Crippen LogP contribution >= 0.6 is 0 Å². The Balaban J connectivity index is 1.69. The molecule has 2 aromatic heterocycles. The third-order valence-electron chi connectivity index (χ3n) is 5.47. The van der Waals surface area contributed by atoms with Gasteiger partial charge < -0.3 is 8.95 Å². The molecule has 1 atom stereocenters. The molecule has 0 aliphatic heterocycles. The third-order valence-corrected chi connectivity index (χ3v) is 6.44. The van der Waals surface area contributed by atoms with Crippen LogP contribution in [0.5, 0.6) is 0 Å². The lowest BCUT2D eigenvalue weighted by Gasteiger charge is -2.20. The second kappa shape index (κ2) is 8.12. The number of imide groups is 1. The topological polar surface area (TPSA) is 81.0 Å². The standard InChI is InChI=1S/C22H24N4O3S/c1-15-6-4-5-7-19(15)22(28)26(14-27)13-18-12-25-11-17(16-8-9-16)10-20(21(25)23-18)24(2)30(3)29/h4-7,10-12,14,16H,8-9,13H2,1-3H3. The number of nitrogens with zero attached hydrogens (tertiary/aromatic N) is 4. The van der Waals surface area contributed by atoms with Crippen molar-refractivity contribution in [2.45, 2.75) is 32.2 Å². The molecule has 7 nitrogen and oxygen atoms in total. The average molecular weight is 425 g/mol. The molecule has 0 N–H and O–H groups in total. The zero-order valence-corrected chi connectivity index (χ0v) is 18.1. The minimum Gasteiger partial charge on any atom is -0.593 e. The number of amides is 2. The molecule has 0 spiro atoms. The normalized spacial score (nSPS) is 14.5. The molecule has 1 aliphatic carbocycles. The van der Waals surface area contributed by atoms with Gasteiger partial charge >= 0.3 is 0 Å². The summed E-state index contributed by atoms with van der Waals surface area (Å²) in [6, 6.07) is 9.23. The Kier molecular flexibility index (Phi) is 5.53. The summed E-state index contributed by atoms with van der Waals surface area (Å²) in [5.74, 6) is 0.164. The van der Waals surface area contributed by atoms with Gasteiger partial charge in [0.25, 0.3) is 5.91 Å². The van der Waals surface area contributed by atoms with E-state index in [1.165, 1.54) is 5.56 Å². The van der Waals surface area contributed by atoms with Crippen molar-refractivity contribution in [2.24, 2.45) is 0 Å². The molecule has 2 amide bonds. The third kappa shape index (κ3) is 3.93. The Labute approximate surface area is 178 Å². The van der Waals surface area contributed by atoms with Gasteiger partial charge in [0.15, 0.2) is 5.65 Å². The second-order valence-electron chi connectivity index (χ2n) is 7.67. The van der Waals surface area contributed by atoms with E-state index < -0.39 is 11.4 Å². The Morgan fingerprint density at radius 3 is 2.70 bits per heavy atom. The molecule has 0 bridgehead atoms. The Bertz CT molecular complexity index is 1110. The van der Waals surface area contributed by atoms with E-state index in [9.17, 15) is 14.1 Å². The van der Waals surface area contributed by atoms with Crippen molar-refractivity contribution in [3.63, 3.8) is 0 Å². The van der Waals surface area contributed by atoms with Gasteiger partial charge in [-0.15, -0.1) is 0 Å². The van der Waals surface area contributed by atoms with Crippen molar-refractivity contribution in [2.75, 3.05) is 17.6 Å². The Hall–Kier alpha value is -2.84. The molecule has 4 rings (SSSR count). The minimum absolute atomic E-state index is 0.0650. The fraction of sp³-hybridized carbons (Fsp3) is 0.318. The quantitative estimate of drug-likeness (QED) is 0.430. The smallest absolute Gasteiger partial charge is 0.260 e. The molecule has 1 saturated carbocycles. The molecule has 1 aromatic carbocycles. The maximum absolute atomic E-state index is 12.8. The van der Waals surface area contributed by atoms with Crippen LogP contribution in [0, 0.1) is 6.92 Å². The fourth-order valence-corrected chi connectivity index (χ4v) is 3.95. The number of hydrogen-bond acceptors (Lipinski definition) is 5. The fourth-order valence-electron chi connectivity index (χ4n) is 3.54. The van der Waals surface area contributed by atoms with Crippen LogP contribution in [0.15, 0.2) is 42.7 Å². The highest BCUT2D eigenvalue weighted by Gasteiger charge is 2.27. The summed E-state index contributed by atoms with van der Waals surface area (Å²) in [5, 5.41) is 0. The largest absolute Gasteiger partial charge is 0.593 e. The number of pyridine rings is 1. The number of carbonyl (C=O) groups is 2. The summed E-state index contributed by atoms with van der Waals surface area (Å²) in [6.07, 6.45) is 8.33. The highest BCUT2D eigenvalue weighted by molar-refractivity contribution is 7.92. The number of fused-ring (bicyclic) bond motifs is 1. The first-order chi connectivity index (χ1) is 14.4. The molecule has 0 saturated heterocycles. The van der Waals surface area contributed by atoms with Crippen LogP contribution in [-0.2, 0) is 22.7 Å². The molecule has 1 unspecified atom stereocenters. The highest BCUT2D eigenvalue weighted by atomic mass is 32.2. The number of rotatable bonds is 7. The number of benzene rings is 1. The lowest BCUT2D eigenvalue weighted by molar-refractivity contribution is -0.116. The van der Waals surface area contributed by atoms with Gasteiger partial charge in [0.2, 0.25) is 6.41 Å². The maximum atomic E-state index is 12.8. The van der Waals surface area contributed by atoms with Gasteiger partial charge in [0.05, 0.1) is 30.6 Å². The van der Waals surface area contributed by atoms with Crippen LogP contribution in [-0.4, -0.2) is 44.5 Å². The minimum atomic E-state index is -1.20. The van der Waals surface area contributed by atoms with Crippen LogP contribution in [0.2, 0.25) is 0 Å². The van der Waals surface area contributed by atoms with Crippen molar-refractivity contribution in [3.05, 3.63) is 65.1 Å². The SMILES string of the molecule is Cc1ccccc1C(=O)N(C=O)Cc1cn2cc(C3CC3)cc(N(C)[S+](C)[O-])c2n1. The summed E-state index contributed by atoms with van der Waals surface area (Å²) in [6.45, 7) is 1.91. The van der Waals surface area contributed by atoms with Crippen molar-refractivity contribution in [1.82, 2.24) is 14.3 Å². The number of imidazole rings is 1. The zero-order valence-electron chi connectivity index (χ0n) is 17.2. The van der Waals surface area contributed by atoms with Crippen LogP contribution in [0.1, 0.15) is 45.9 Å². The Morgan fingerprint density at radius 2 is 2.07 bits per heavy atom. The summed E-state index contributed by atoms with van der Waals surface area (Å²) in [5.41, 5.74) is 4.50. The van der Waals surface area contributed by atoms with E-state index in [2.05, 4.69) is 4.98 Å². The van der Waals surface area contributed by atoms with E-state index in [0.29, 0.717) is 29.2 Å². The van der Waals surface area contributed by atoms with Crippen LogP contribution in [0.3, 0.4) is 0 Å². The van der Waals surface area contributed by atoms with E-state index in [-0.39, 0.29) is 12.5 Å². The van der Waals surface area contributed by atoms with Gasteiger partial charge in [0, 0.05) is 18.0 Å². The van der Waals surface area contributed by atoms with E-state index in [0.717, 1.165) is 29.0 Å². The van der Waals surface area contributed by atoms with Gasteiger partial charge in [-0.05, 0) is 48.9 Å². The monoisotopic (exact) mass is 424 g/mol. The molecule has 3 aromatic rings. The van der Waals surface area contributed by atoms with Gasteiger partial charge in [-0.2, -0.15) is 4.31 Å². The first-order valence-electron chi connectivity index (χ1n) is 9.79. The number of anilines is 1. The number of hydrogen-bond donors (Lipinski definition) is 0. The van der Waals surface area contributed by atoms with E-state index >= 15 is 0 Å². The lowest BCUT2D eigenvalue weighted by atomic mass is 10.1. The van der Waals surface area contributed by atoms with E-state index in [4.69, 9.17) is 0 Å². The van der Waals surface area contributed by atoms with Crippen molar-refractivity contribution in [3.8, 4) is 0 Å². The molecule has 8 heteroatoms. The van der Waals surface area contributed by atoms with Crippen molar-refractivity contribution in [1.29, 1.82) is 0 Å². The lowest BCUT2D eigenvalue weighted by Crippen LogP contribution is -2.29. The predicted octanol–water partition coefficient (Wildman–Crippen LogP) is 3.05. The first kappa shape index (κ1) is 20.4.